The summed E-state index contributed by atoms with van der Waals surface area (Å²) in [5.41, 5.74) is 6.02. The first kappa shape index (κ1) is 11.0. The van der Waals surface area contributed by atoms with Crippen molar-refractivity contribution in [3.05, 3.63) is 0 Å². The van der Waals surface area contributed by atoms with Crippen molar-refractivity contribution in [1.29, 1.82) is 0 Å². The van der Waals surface area contributed by atoms with Crippen molar-refractivity contribution in [3.8, 4) is 0 Å². The van der Waals surface area contributed by atoms with Crippen molar-refractivity contribution in [3.63, 3.8) is 0 Å². The Labute approximate surface area is 80.2 Å². The Morgan fingerprint density at radius 1 is 1.23 bits per heavy atom. The normalized spacial score (nSPS) is 43.8. The van der Waals surface area contributed by atoms with Crippen LogP contribution in [0.5, 0.6) is 0 Å². The van der Waals surface area contributed by atoms with E-state index in [2.05, 4.69) is 32.6 Å². The molecule has 78 valence electrons. The predicted molar refractivity (Wildman–Crippen MR) is 52.3 cm³/mol. The third-order valence-electron chi connectivity index (χ3n) is 4.52. The van der Waals surface area contributed by atoms with Crippen molar-refractivity contribution in [2.24, 2.45) is 16.6 Å². The van der Waals surface area contributed by atoms with Gasteiger partial charge in [0.1, 0.15) is 0 Å². The molecule has 0 bridgehead atoms. The van der Waals surface area contributed by atoms with Crippen LogP contribution in [0, 0.1) is 10.8 Å². The monoisotopic (exact) mass is 187 g/mol. The molecule has 0 aromatic rings. The highest BCUT2D eigenvalue weighted by Crippen LogP contribution is 2.56. The van der Waals surface area contributed by atoms with E-state index in [9.17, 15) is 0 Å². The van der Waals surface area contributed by atoms with Gasteiger partial charge in [-0.25, -0.2) is 4.89 Å². The van der Waals surface area contributed by atoms with Crippen LogP contribution in [-0.2, 0) is 4.89 Å². The van der Waals surface area contributed by atoms with Crippen LogP contribution in [0.3, 0.4) is 0 Å². The van der Waals surface area contributed by atoms with Gasteiger partial charge < -0.3 is 5.73 Å². The molecule has 1 saturated carbocycles. The first-order chi connectivity index (χ1) is 5.77. The van der Waals surface area contributed by atoms with Gasteiger partial charge in [0.2, 0.25) is 0 Å². The second kappa shape index (κ2) is 2.94. The van der Waals surface area contributed by atoms with Crippen LogP contribution in [0.15, 0.2) is 0 Å². The smallest absolute Gasteiger partial charge is 0.0879 e. The molecule has 1 rings (SSSR count). The summed E-state index contributed by atoms with van der Waals surface area (Å²) in [6.07, 6.45) is 1.99. The summed E-state index contributed by atoms with van der Waals surface area (Å²) in [4.78, 5) is 4.30. The van der Waals surface area contributed by atoms with Crippen LogP contribution in [-0.4, -0.2) is 17.4 Å². The third kappa shape index (κ3) is 1.39. The zero-order chi connectivity index (χ0) is 10.3. The summed E-state index contributed by atoms with van der Waals surface area (Å²) in [5, 5.41) is 8.55. The van der Waals surface area contributed by atoms with Crippen LogP contribution in [0.1, 0.15) is 40.5 Å². The number of nitrogens with two attached hydrogens (primary N) is 1. The first-order valence-electron chi connectivity index (χ1n) is 4.82. The van der Waals surface area contributed by atoms with Gasteiger partial charge in [0.05, 0.1) is 6.61 Å². The number of hydrogen-bond donors (Lipinski definition) is 2. The molecule has 1 aliphatic carbocycles. The summed E-state index contributed by atoms with van der Waals surface area (Å²) >= 11 is 0. The molecule has 3 heteroatoms. The van der Waals surface area contributed by atoms with Crippen molar-refractivity contribution < 1.29 is 10.1 Å². The second-order valence-corrected chi connectivity index (χ2v) is 5.38. The molecule has 0 aliphatic heterocycles. The van der Waals surface area contributed by atoms with Crippen molar-refractivity contribution in [2.45, 2.75) is 46.1 Å². The molecule has 0 aromatic carbocycles. The van der Waals surface area contributed by atoms with Crippen LogP contribution in [0.4, 0.5) is 0 Å². The van der Waals surface area contributed by atoms with Crippen molar-refractivity contribution in [2.75, 3.05) is 6.61 Å². The van der Waals surface area contributed by atoms with Gasteiger partial charge >= 0.3 is 0 Å². The zero-order valence-electron chi connectivity index (χ0n) is 9.05. The Bertz CT molecular complexity index is 201. The molecule has 0 spiro atoms. The second-order valence-electron chi connectivity index (χ2n) is 5.38. The summed E-state index contributed by atoms with van der Waals surface area (Å²) in [5.74, 6) is 0. The Morgan fingerprint density at radius 2 is 1.77 bits per heavy atom. The molecule has 0 radical (unpaired) electrons. The van der Waals surface area contributed by atoms with Gasteiger partial charge in [-0.2, -0.15) is 0 Å². The van der Waals surface area contributed by atoms with Crippen LogP contribution in [0.25, 0.3) is 0 Å². The Hall–Kier alpha value is -0.120. The van der Waals surface area contributed by atoms with Gasteiger partial charge in [-0.05, 0) is 25.2 Å². The van der Waals surface area contributed by atoms with E-state index in [1.54, 1.807) is 0 Å². The molecular weight excluding hydrogens is 166 g/mol. The van der Waals surface area contributed by atoms with E-state index in [-0.39, 0.29) is 16.4 Å². The van der Waals surface area contributed by atoms with E-state index >= 15 is 0 Å². The third-order valence-corrected chi connectivity index (χ3v) is 4.52. The molecule has 13 heavy (non-hydrogen) atoms. The number of hydrogen-bond acceptors (Lipinski definition) is 3. The lowest BCUT2D eigenvalue weighted by molar-refractivity contribution is -0.269. The quantitative estimate of drug-likeness (QED) is 0.513. The average molecular weight is 187 g/mol. The maximum absolute atomic E-state index is 8.55. The Balaban J connectivity index is 2.92. The molecule has 0 amide bonds. The lowest BCUT2D eigenvalue weighted by Gasteiger charge is -2.44. The molecule has 0 heterocycles. The SMILES string of the molecule is CC1(C)[C@](C)(COO)CC[C@@]1(C)N. The molecule has 0 saturated heterocycles. The standard InChI is InChI=1S/C10H21NO2/c1-8(2)9(3,7-13-12)5-6-10(8,4)11/h12H,5-7,11H2,1-4H3/t9-,10+/m0/s1. The predicted octanol–water partition coefficient (Wildman–Crippen LogP) is 2.02. The van der Waals surface area contributed by atoms with Crippen LogP contribution >= 0.6 is 0 Å². The van der Waals surface area contributed by atoms with E-state index in [1.807, 2.05) is 0 Å². The van der Waals surface area contributed by atoms with Gasteiger partial charge in [-0.3, -0.25) is 5.26 Å². The van der Waals surface area contributed by atoms with E-state index in [0.717, 1.165) is 12.8 Å². The Morgan fingerprint density at radius 3 is 2.08 bits per heavy atom. The molecular formula is C10H21NO2. The highest BCUT2D eigenvalue weighted by atomic mass is 17.1. The number of rotatable bonds is 2. The lowest BCUT2D eigenvalue weighted by Crippen LogP contribution is -2.52. The van der Waals surface area contributed by atoms with E-state index in [1.165, 1.54) is 0 Å². The molecule has 1 aliphatic rings. The van der Waals surface area contributed by atoms with Crippen LogP contribution < -0.4 is 5.73 Å². The average Bonchev–Trinajstić information content (AvgIpc) is 2.13. The topological polar surface area (TPSA) is 55.5 Å². The van der Waals surface area contributed by atoms with Crippen molar-refractivity contribution in [1.82, 2.24) is 0 Å². The van der Waals surface area contributed by atoms with Crippen LogP contribution in [0.2, 0.25) is 0 Å². The van der Waals surface area contributed by atoms with Gasteiger partial charge in [0, 0.05) is 11.0 Å². The van der Waals surface area contributed by atoms with E-state index < -0.39 is 0 Å². The summed E-state index contributed by atoms with van der Waals surface area (Å²) in [7, 11) is 0. The zero-order valence-corrected chi connectivity index (χ0v) is 9.05. The van der Waals surface area contributed by atoms with Gasteiger partial charge in [-0.15, -0.1) is 0 Å². The molecule has 1 fully saturated rings. The fourth-order valence-electron chi connectivity index (χ4n) is 2.25. The highest BCUT2D eigenvalue weighted by Gasteiger charge is 2.56. The summed E-state index contributed by atoms with van der Waals surface area (Å²) in [6, 6.07) is 0. The largest absolute Gasteiger partial charge is 0.325 e. The van der Waals surface area contributed by atoms with E-state index in [0.29, 0.717) is 6.61 Å². The highest BCUT2D eigenvalue weighted by molar-refractivity contribution is 5.09. The first-order valence-corrected chi connectivity index (χ1v) is 4.82. The van der Waals surface area contributed by atoms with E-state index in [4.69, 9.17) is 11.0 Å². The van der Waals surface area contributed by atoms with Gasteiger partial charge in [-0.1, -0.05) is 20.8 Å². The summed E-state index contributed by atoms with van der Waals surface area (Å²) in [6.45, 7) is 8.88. The lowest BCUT2D eigenvalue weighted by atomic mass is 9.64. The minimum absolute atomic E-state index is 0.0112. The molecule has 2 atom stereocenters. The molecule has 0 unspecified atom stereocenters. The summed E-state index contributed by atoms with van der Waals surface area (Å²) < 4.78 is 0. The molecule has 3 nitrogen and oxygen atoms in total. The van der Waals surface area contributed by atoms with Gasteiger partial charge in [0.15, 0.2) is 0 Å². The fourth-order valence-corrected chi connectivity index (χ4v) is 2.25. The maximum Gasteiger partial charge on any atom is 0.0879 e. The minimum atomic E-state index is -0.166. The maximum atomic E-state index is 8.55. The Kier molecular flexibility index (Phi) is 2.48. The fraction of sp³-hybridized carbons (Fsp3) is 1.00. The van der Waals surface area contributed by atoms with Gasteiger partial charge in [0.25, 0.3) is 0 Å². The minimum Gasteiger partial charge on any atom is -0.325 e. The van der Waals surface area contributed by atoms with Crippen molar-refractivity contribution >= 4 is 0 Å². The molecule has 3 N–H and O–H groups in total. The molecule has 0 aromatic heterocycles.